The number of carbonyl (C=O) groups is 2. The Labute approximate surface area is 188 Å². The van der Waals surface area contributed by atoms with Gasteiger partial charge in [-0.3, -0.25) is 9.59 Å². The second-order valence-corrected chi connectivity index (χ2v) is 7.69. The van der Waals surface area contributed by atoms with Gasteiger partial charge in [0, 0.05) is 13.1 Å². The van der Waals surface area contributed by atoms with Crippen molar-refractivity contribution in [3.8, 4) is 5.75 Å². The van der Waals surface area contributed by atoms with Crippen molar-refractivity contribution in [1.29, 1.82) is 0 Å². The largest absolute Gasteiger partial charge is 0.484 e. The van der Waals surface area contributed by atoms with Crippen LogP contribution < -0.4 is 10.1 Å². The molecule has 0 unspecified atom stereocenters. The van der Waals surface area contributed by atoms with Gasteiger partial charge in [-0.2, -0.15) is 0 Å². The van der Waals surface area contributed by atoms with E-state index >= 15 is 0 Å². The van der Waals surface area contributed by atoms with Crippen molar-refractivity contribution in [3.63, 3.8) is 0 Å². The fourth-order valence-electron chi connectivity index (χ4n) is 3.10. The Morgan fingerprint density at radius 1 is 1.00 bits per heavy atom. The molecule has 0 saturated heterocycles. The molecule has 0 radical (unpaired) electrons. The predicted octanol–water partition coefficient (Wildman–Crippen LogP) is 4.88. The fourth-order valence-corrected chi connectivity index (χ4v) is 3.42. The first-order chi connectivity index (χ1) is 14.4. The molecular weight excluding hydrogens is 423 g/mol. The average Bonchev–Trinajstić information content (AvgIpc) is 2.75. The maximum Gasteiger partial charge on any atom is 0.261 e. The lowest BCUT2D eigenvalue weighted by Crippen LogP contribution is -2.50. The van der Waals surface area contributed by atoms with Gasteiger partial charge >= 0.3 is 0 Å². The van der Waals surface area contributed by atoms with Crippen LogP contribution in [0.15, 0.2) is 42.5 Å². The molecule has 0 saturated carbocycles. The first-order valence-electron chi connectivity index (χ1n) is 10.1. The van der Waals surface area contributed by atoms with Crippen molar-refractivity contribution >= 4 is 35.0 Å². The maximum atomic E-state index is 13.1. The van der Waals surface area contributed by atoms with Crippen LogP contribution in [-0.4, -0.2) is 35.9 Å². The molecule has 1 atom stereocenters. The summed E-state index contributed by atoms with van der Waals surface area (Å²) in [5.74, 6) is 0.139. The summed E-state index contributed by atoms with van der Waals surface area (Å²) in [4.78, 5) is 27.2. The monoisotopic (exact) mass is 450 g/mol. The van der Waals surface area contributed by atoms with Crippen molar-refractivity contribution < 1.29 is 14.3 Å². The number of nitrogens with one attached hydrogen (secondary N) is 1. The zero-order valence-corrected chi connectivity index (χ0v) is 19.1. The van der Waals surface area contributed by atoms with Crippen LogP contribution in [0.1, 0.15) is 38.3 Å². The summed E-state index contributed by atoms with van der Waals surface area (Å²) in [6, 6.07) is 12.2. The number of amides is 2. The van der Waals surface area contributed by atoms with Gasteiger partial charge in [0.15, 0.2) is 6.61 Å². The lowest BCUT2D eigenvalue weighted by Gasteiger charge is -2.30. The maximum absolute atomic E-state index is 13.1. The second-order valence-electron chi connectivity index (χ2n) is 6.87. The summed E-state index contributed by atoms with van der Waals surface area (Å²) in [5, 5.41) is 3.64. The second kappa shape index (κ2) is 11.8. The van der Waals surface area contributed by atoms with E-state index in [9.17, 15) is 9.59 Å². The third-order valence-electron chi connectivity index (χ3n) is 4.77. The van der Waals surface area contributed by atoms with Gasteiger partial charge in [-0.15, -0.1) is 0 Å². The Kier molecular flexibility index (Phi) is 9.47. The summed E-state index contributed by atoms with van der Waals surface area (Å²) in [5.41, 5.74) is 1.98. The smallest absolute Gasteiger partial charge is 0.261 e. The van der Waals surface area contributed by atoms with Crippen molar-refractivity contribution in [3.05, 3.63) is 63.6 Å². The predicted molar refractivity (Wildman–Crippen MR) is 121 cm³/mol. The van der Waals surface area contributed by atoms with Crippen LogP contribution in [0.5, 0.6) is 5.75 Å². The number of carbonyl (C=O) groups excluding carboxylic acids is 2. The van der Waals surface area contributed by atoms with E-state index in [0.29, 0.717) is 28.8 Å². The topological polar surface area (TPSA) is 58.6 Å². The molecule has 0 heterocycles. The number of halogens is 2. The Balaban J connectivity index is 2.19. The quantitative estimate of drug-likeness (QED) is 0.560. The van der Waals surface area contributed by atoms with Crippen molar-refractivity contribution in [2.45, 2.75) is 46.2 Å². The molecule has 0 bridgehead atoms. The van der Waals surface area contributed by atoms with Gasteiger partial charge in [-0.1, -0.05) is 55.2 Å². The lowest BCUT2D eigenvalue weighted by molar-refractivity contribution is -0.142. The summed E-state index contributed by atoms with van der Waals surface area (Å²) >= 11 is 12.1. The van der Waals surface area contributed by atoms with E-state index in [4.69, 9.17) is 27.9 Å². The van der Waals surface area contributed by atoms with E-state index in [2.05, 4.69) is 12.2 Å². The lowest BCUT2D eigenvalue weighted by atomic mass is 10.1. The number of likely N-dealkylation sites (N-methyl/N-ethyl adjacent to an activating group) is 1. The summed E-state index contributed by atoms with van der Waals surface area (Å²) in [6.45, 7) is 6.35. The van der Waals surface area contributed by atoms with Crippen LogP contribution in [0.25, 0.3) is 0 Å². The molecule has 2 aromatic rings. The minimum Gasteiger partial charge on any atom is -0.484 e. The summed E-state index contributed by atoms with van der Waals surface area (Å²) in [6.07, 6.45) is 1.41. The number of hydrogen-bond donors (Lipinski definition) is 1. The Hall–Kier alpha value is -2.24. The SMILES string of the molecule is CCNC(=O)[C@@H](CC)N(Cc1ccc(Cl)c(Cl)c1)C(=O)COc1ccc(CC)cc1. The molecule has 1 N–H and O–H groups in total. The van der Waals surface area contributed by atoms with Gasteiger partial charge in [-0.25, -0.2) is 0 Å². The third-order valence-corrected chi connectivity index (χ3v) is 5.51. The molecule has 0 aliphatic rings. The molecular formula is C23H28Cl2N2O3. The van der Waals surface area contributed by atoms with Gasteiger partial charge < -0.3 is 15.0 Å². The van der Waals surface area contributed by atoms with Crippen LogP contribution in [-0.2, 0) is 22.6 Å². The average molecular weight is 451 g/mol. The molecule has 2 rings (SSSR count). The molecule has 0 aromatic heterocycles. The van der Waals surface area contributed by atoms with Crippen molar-refractivity contribution in [2.75, 3.05) is 13.2 Å². The molecule has 0 fully saturated rings. The zero-order chi connectivity index (χ0) is 22.1. The van der Waals surface area contributed by atoms with E-state index in [1.165, 1.54) is 10.5 Å². The molecule has 30 heavy (non-hydrogen) atoms. The van der Waals surface area contributed by atoms with E-state index in [-0.39, 0.29) is 25.0 Å². The molecule has 162 valence electrons. The molecule has 0 spiro atoms. The van der Waals surface area contributed by atoms with Crippen LogP contribution in [0.3, 0.4) is 0 Å². The van der Waals surface area contributed by atoms with E-state index in [1.54, 1.807) is 18.2 Å². The van der Waals surface area contributed by atoms with Crippen LogP contribution in [0.4, 0.5) is 0 Å². The number of benzene rings is 2. The van der Waals surface area contributed by atoms with Crippen molar-refractivity contribution in [1.82, 2.24) is 10.2 Å². The normalized spacial score (nSPS) is 11.6. The van der Waals surface area contributed by atoms with Gasteiger partial charge in [0.2, 0.25) is 5.91 Å². The van der Waals surface area contributed by atoms with Gasteiger partial charge in [0.1, 0.15) is 11.8 Å². The van der Waals surface area contributed by atoms with E-state index in [1.807, 2.05) is 38.1 Å². The van der Waals surface area contributed by atoms with Crippen LogP contribution >= 0.6 is 23.2 Å². The van der Waals surface area contributed by atoms with Gasteiger partial charge in [-0.05, 0) is 55.2 Å². The minimum atomic E-state index is -0.613. The fraction of sp³-hybridized carbons (Fsp3) is 0.391. The van der Waals surface area contributed by atoms with Gasteiger partial charge in [0.05, 0.1) is 10.0 Å². The molecule has 0 aliphatic heterocycles. The Morgan fingerprint density at radius 2 is 1.67 bits per heavy atom. The summed E-state index contributed by atoms with van der Waals surface area (Å²) < 4.78 is 5.69. The Morgan fingerprint density at radius 3 is 2.23 bits per heavy atom. The number of nitrogens with zero attached hydrogens (tertiary/aromatic N) is 1. The highest BCUT2D eigenvalue weighted by molar-refractivity contribution is 6.42. The number of hydrogen-bond acceptors (Lipinski definition) is 3. The third kappa shape index (κ3) is 6.64. The molecule has 5 nitrogen and oxygen atoms in total. The molecule has 0 aliphatic carbocycles. The Bertz CT molecular complexity index is 856. The molecule has 7 heteroatoms. The zero-order valence-electron chi connectivity index (χ0n) is 17.6. The van der Waals surface area contributed by atoms with Crippen LogP contribution in [0, 0.1) is 0 Å². The van der Waals surface area contributed by atoms with E-state index < -0.39 is 6.04 Å². The summed E-state index contributed by atoms with van der Waals surface area (Å²) in [7, 11) is 0. The number of ether oxygens (including phenoxy) is 1. The van der Waals surface area contributed by atoms with Gasteiger partial charge in [0.25, 0.3) is 5.91 Å². The minimum absolute atomic E-state index is 0.164. The number of aryl methyl sites for hydroxylation is 1. The highest BCUT2D eigenvalue weighted by Crippen LogP contribution is 2.24. The standard InChI is InChI=1S/C23H28Cl2N2O3/c1-4-16-7-10-18(11-8-16)30-15-22(28)27(21(5-2)23(29)26-6-3)14-17-9-12-19(24)20(25)13-17/h7-13,21H,4-6,14-15H2,1-3H3,(H,26,29)/t21-/m1/s1. The highest BCUT2D eigenvalue weighted by atomic mass is 35.5. The van der Waals surface area contributed by atoms with Crippen LogP contribution in [0.2, 0.25) is 10.0 Å². The molecule has 2 amide bonds. The van der Waals surface area contributed by atoms with Crippen molar-refractivity contribution in [2.24, 2.45) is 0 Å². The number of rotatable bonds is 10. The first-order valence-corrected chi connectivity index (χ1v) is 10.9. The highest BCUT2D eigenvalue weighted by Gasteiger charge is 2.28. The van der Waals surface area contributed by atoms with E-state index in [0.717, 1.165) is 12.0 Å². The molecule has 2 aromatic carbocycles. The first kappa shape index (κ1) is 24.0.